The van der Waals surface area contributed by atoms with Gasteiger partial charge in [-0.2, -0.15) is 0 Å². The molecule has 1 amide bonds. The standard InChI is InChI=1S/C19H26N2O3/c1-23-15-6-5-13-10-14(12-24-18(13)11-15)19(22)20-16-7-9-21-8-3-2-4-17(16)21/h5-6,11,14,16-17H,2-4,7-10,12H2,1H3,(H,20,22)/t14-,16-,17-/m1/s1. The molecule has 1 aromatic carbocycles. The predicted octanol–water partition coefficient (Wildman–Crippen LogP) is 1.99. The van der Waals surface area contributed by atoms with Gasteiger partial charge in [0, 0.05) is 24.7 Å². The molecule has 0 saturated carbocycles. The third-order valence-electron chi connectivity index (χ3n) is 5.74. The van der Waals surface area contributed by atoms with Crippen LogP contribution in [0.25, 0.3) is 0 Å². The van der Waals surface area contributed by atoms with E-state index in [0.717, 1.165) is 36.4 Å². The summed E-state index contributed by atoms with van der Waals surface area (Å²) in [5.41, 5.74) is 1.09. The average Bonchev–Trinajstić information content (AvgIpc) is 3.04. The molecule has 0 unspecified atom stereocenters. The molecule has 0 aromatic heterocycles. The van der Waals surface area contributed by atoms with E-state index in [4.69, 9.17) is 9.47 Å². The minimum atomic E-state index is -0.0939. The number of ether oxygens (including phenoxy) is 2. The lowest BCUT2D eigenvalue weighted by Crippen LogP contribution is -2.49. The van der Waals surface area contributed by atoms with E-state index in [-0.39, 0.29) is 11.8 Å². The van der Waals surface area contributed by atoms with Gasteiger partial charge in [-0.15, -0.1) is 0 Å². The van der Waals surface area contributed by atoms with Gasteiger partial charge in [0.05, 0.1) is 13.0 Å². The van der Waals surface area contributed by atoms with Crippen LogP contribution < -0.4 is 14.8 Å². The average molecular weight is 330 g/mol. The Balaban J connectivity index is 1.38. The predicted molar refractivity (Wildman–Crippen MR) is 91.4 cm³/mol. The van der Waals surface area contributed by atoms with Gasteiger partial charge >= 0.3 is 0 Å². The first-order chi connectivity index (χ1) is 11.7. The van der Waals surface area contributed by atoms with Crippen molar-refractivity contribution in [3.05, 3.63) is 23.8 Å². The molecule has 4 rings (SSSR count). The molecule has 0 spiro atoms. The minimum Gasteiger partial charge on any atom is -0.497 e. The lowest BCUT2D eigenvalue weighted by atomic mass is 9.94. The number of benzene rings is 1. The maximum Gasteiger partial charge on any atom is 0.227 e. The fourth-order valence-corrected chi connectivity index (χ4v) is 4.36. The third kappa shape index (κ3) is 2.97. The van der Waals surface area contributed by atoms with E-state index in [2.05, 4.69) is 10.2 Å². The van der Waals surface area contributed by atoms with Gasteiger partial charge < -0.3 is 14.8 Å². The van der Waals surface area contributed by atoms with Crippen LogP contribution in [-0.4, -0.2) is 49.7 Å². The van der Waals surface area contributed by atoms with E-state index in [1.54, 1.807) is 7.11 Å². The van der Waals surface area contributed by atoms with E-state index < -0.39 is 0 Å². The normalized spacial score (nSPS) is 29.3. The van der Waals surface area contributed by atoms with Crippen LogP contribution in [0.3, 0.4) is 0 Å². The highest BCUT2D eigenvalue weighted by Gasteiger charge is 2.37. The molecule has 5 heteroatoms. The largest absolute Gasteiger partial charge is 0.497 e. The SMILES string of the molecule is COc1ccc2c(c1)OC[C@H](C(=O)N[C@@H]1CCN3CCCC[C@H]13)C2. The van der Waals surface area contributed by atoms with Crippen molar-refractivity contribution in [2.24, 2.45) is 5.92 Å². The maximum atomic E-state index is 12.7. The van der Waals surface area contributed by atoms with E-state index in [9.17, 15) is 4.79 Å². The number of nitrogens with one attached hydrogen (secondary N) is 1. The zero-order valence-corrected chi connectivity index (χ0v) is 14.3. The van der Waals surface area contributed by atoms with Crippen molar-refractivity contribution in [3.8, 4) is 11.5 Å². The summed E-state index contributed by atoms with van der Waals surface area (Å²) in [4.78, 5) is 15.3. The molecule has 3 aliphatic heterocycles. The molecule has 2 fully saturated rings. The molecule has 3 aliphatic rings. The van der Waals surface area contributed by atoms with Crippen LogP contribution in [0.1, 0.15) is 31.2 Å². The highest BCUT2D eigenvalue weighted by Crippen LogP contribution is 2.32. The van der Waals surface area contributed by atoms with Crippen molar-refractivity contribution >= 4 is 5.91 Å². The minimum absolute atomic E-state index is 0.0939. The molecule has 1 N–H and O–H groups in total. The molecule has 0 bridgehead atoms. The summed E-state index contributed by atoms with van der Waals surface area (Å²) < 4.78 is 11.0. The van der Waals surface area contributed by atoms with Gasteiger partial charge in [0.15, 0.2) is 0 Å². The first-order valence-corrected chi connectivity index (χ1v) is 9.09. The lowest BCUT2D eigenvalue weighted by molar-refractivity contribution is -0.127. The van der Waals surface area contributed by atoms with Gasteiger partial charge in [0.1, 0.15) is 18.1 Å². The van der Waals surface area contributed by atoms with E-state index in [1.165, 1.54) is 25.8 Å². The maximum absolute atomic E-state index is 12.7. The molecule has 5 nitrogen and oxygen atoms in total. The summed E-state index contributed by atoms with van der Waals surface area (Å²) in [5, 5.41) is 3.32. The number of hydrogen-bond donors (Lipinski definition) is 1. The second-order valence-corrected chi connectivity index (χ2v) is 7.19. The number of carbonyl (C=O) groups excluding carboxylic acids is 1. The molecule has 3 atom stereocenters. The topological polar surface area (TPSA) is 50.8 Å². The number of nitrogens with zero attached hydrogens (tertiary/aromatic N) is 1. The molecule has 3 heterocycles. The summed E-state index contributed by atoms with van der Waals surface area (Å²) in [6, 6.07) is 6.70. The molecule has 1 aromatic rings. The number of fused-ring (bicyclic) bond motifs is 2. The lowest BCUT2D eigenvalue weighted by Gasteiger charge is -2.33. The first-order valence-electron chi connectivity index (χ1n) is 9.09. The smallest absolute Gasteiger partial charge is 0.227 e. The van der Waals surface area contributed by atoms with Crippen LogP contribution in [0, 0.1) is 5.92 Å². The fourth-order valence-electron chi connectivity index (χ4n) is 4.36. The van der Waals surface area contributed by atoms with Gasteiger partial charge in [0.2, 0.25) is 5.91 Å². The monoisotopic (exact) mass is 330 g/mol. The fraction of sp³-hybridized carbons (Fsp3) is 0.632. The van der Waals surface area contributed by atoms with E-state index in [1.807, 2.05) is 18.2 Å². The van der Waals surface area contributed by atoms with Crippen molar-refractivity contribution < 1.29 is 14.3 Å². The Labute approximate surface area is 143 Å². The van der Waals surface area contributed by atoms with Crippen molar-refractivity contribution in [1.29, 1.82) is 0 Å². The van der Waals surface area contributed by atoms with Crippen molar-refractivity contribution in [2.75, 3.05) is 26.8 Å². The summed E-state index contributed by atoms with van der Waals surface area (Å²) in [6.45, 7) is 2.77. The highest BCUT2D eigenvalue weighted by atomic mass is 16.5. The Kier molecular flexibility index (Phi) is 4.35. The van der Waals surface area contributed by atoms with Crippen molar-refractivity contribution in [2.45, 2.75) is 44.2 Å². The zero-order chi connectivity index (χ0) is 16.5. The van der Waals surface area contributed by atoms with Crippen molar-refractivity contribution in [1.82, 2.24) is 10.2 Å². The van der Waals surface area contributed by atoms with Crippen LogP contribution in [0.2, 0.25) is 0 Å². The van der Waals surface area contributed by atoms with Crippen molar-refractivity contribution in [3.63, 3.8) is 0 Å². The van der Waals surface area contributed by atoms with Crippen LogP contribution in [-0.2, 0) is 11.2 Å². The molecule has 0 aliphatic carbocycles. The van der Waals surface area contributed by atoms with Crippen LogP contribution in [0.5, 0.6) is 11.5 Å². The van der Waals surface area contributed by atoms with Crippen LogP contribution in [0.4, 0.5) is 0 Å². The number of amides is 1. The quantitative estimate of drug-likeness (QED) is 0.921. The van der Waals surface area contributed by atoms with Gasteiger partial charge in [0.25, 0.3) is 0 Å². The van der Waals surface area contributed by atoms with Crippen LogP contribution >= 0.6 is 0 Å². The second-order valence-electron chi connectivity index (χ2n) is 7.19. The molecule has 24 heavy (non-hydrogen) atoms. The Morgan fingerprint density at radius 1 is 1.29 bits per heavy atom. The number of methoxy groups -OCH3 is 1. The summed E-state index contributed by atoms with van der Waals surface area (Å²) in [5.74, 6) is 1.69. The highest BCUT2D eigenvalue weighted by molar-refractivity contribution is 5.80. The van der Waals surface area contributed by atoms with Gasteiger partial charge in [-0.1, -0.05) is 12.5 Å². The Bertz CT molecular complexity index is 619. The summed E-state index contributed by atoms with van der Waals surface area (Å²) in [7, 11) is 1.65. The third-order valence-corrected chi connectivity index (χ3v) is 5.74. The number of piperidine rings is 1. The Hall–Kier alpha value is -1.75. The molecule has 0 radical (unpaired) electrons. The number of rotatable bonds is 3. The summed E-state index contributed by atoms with van der Waals surface area (Å²) >= 11 is 0. The molecular weight excluding hydrogens is 304 g/mol. The first kappa shape index (κ1) is 15.8. The van der Waals surface area contributed by atoms with Gasteiger partial charge in [-0.3, -0.25) is 9.69 Å². The van der Waals surface area contributed by atoms with Crippen LogP contribution in [0.15, 0.2) is 18.2 Å². The zero-order valence-electron chi connectivity index (χ0n) is 14.3. The number of carbonyl (C=O) groups is 1. The Morgan fingerprint density at radius 2 is 2.21 bits per heavy atom. The van der Waals surface area contributed by atoms with E-state index in [0.29, 0.717) is 18.7 Å². The molecule has 130 valence electrons. The molecule has 2 saturated heterocycles. The summed E-state index contributed by atoms with van der Waals surface area (Å²) in [6.07, 6.45) is 5.63. The second kappa shape index (κ2) is 6.63. The van der Waals surface area contributed by atoms with Gasteiger partial charge in [-0.05, 0) is 43.9 Å². The Morgan fingerprint density at radius 3 is 3.08 bits per heavy atom. The number of hydrogen-bond acceptors (Lipinski definition) is 4. The molecular formula is C19H26N2O3. The van der Waals surface area contributed by atoms with E-state index >= 15 is 0 Å². The van der Waals surface area contributed by atoms with Gasteiger partial charge in [-0.25, -0.2) is 0 Å².